The molecule has 0 saturated carbocycles. The lowest BCUT2D eigenvalue weighted by Crippen LogP contribution is -2.32. The Balaban J connectivity index is 2.36. The van der Waals surface area contributed by atoms with Crippen LogP contribution < -0.4 is 0 Å². The third-order valence-electron chi connectivity index (χ3n) is 1.84. The summed E-state index contributed by atoms with van der Waals surface area (Å²) in [6, 6.07) is 0. The number of hydrogen-bond donors (Lipinski definition) is 0. The maximum Gasteiger partial charge on any atom is 0.224 e. The van der Waals surface area contributed by atoms with E-state index in [0.717, 1.165) is 6.29 Å². The van der Waals surface area contributed by atoms with E-state index in [4.69, 9.17) is 4.74 Å². The fourth-order valence-electron chi connectivity index (χ4n) is 1.16. The van der Waals surface area contributed by atoms with E-state index in [1.807, 2.05) is 0 Å². The Labute approximate surface area is 71.5 Å². The Morgan fingerprint density at radius 2 is 2.33 bits per heavy atom. The molecule has 0 bridgehead atoms. The van der Waals surface area contributed by atoms with Gasteiger partial charge in [-0.05, 0) is 0 Å². The highest BCUT2D eigenvalue weighted by Gasteiger charge is 2.15. The summed E-state index contributed by atoms with van der Waals surface area (Å²) in [6.45, 7) is 2.25. The van der Waals surface area contributed by atoms with Gasteiger partial charge in [0.05, 0.1) is 19.6 Å². The summed E-state index contributed by atoms with van der Waals surface area (Å²) in [5, 5.41) is 0. The van der Waals surface area contributed by atoms with Gasteiger partial charge in [-0.2, -0.15) is 0 Å². The molecule has 4 nitrogen and oxygen atoms in total. The van der Waals surface area contributed by atoms with Gasteiger partial charge in [0, 0.05) is 19.5 Å². The first-order valence-corrected chi connectivity index (χ1v) is 4.14. The Morgan fingerprint density at radius 3 is 3.08 bits per heavy atom. The molecular formula is C8H13NO3. The summed E-state index contributed by atoms with van der Waals surface area (Å²) < 4.78 is 5.12. The molecule has 68 valence electrons. The van der Waals surface area contributed by atoms with Crippen molar-refractivity contribution in [2.24, 2.45) is 0 Å². The van der Waals surface area contributed by atoms with Gasteiger partial charge in [-0.15, -0.1) is 0 Å². The van der Waals surface area contributed by atoms with Crippen molar-refractivity contribution in [1.82, 2.24) is 4.90 Å². The first-order chi connectivity index (χ1) is 5.84. The van der Waals surface area contributed by atoms with Gasteiger partial charge in [-0.3, -0.25) is 4.79 Å². The van der Waals surface area contributed by atoms with Crippen molar-refractivity contribution in [3.63, 3.8) is 0 Å². The molecule has 0 atom stereocenters. The standard InChI is InChI=1S/C8H13NO3/c10-5-1-3-9-4-7-12-6-2-8(9)11/h5H,1-4,6-7H2. The molecule has 0 N–H and O–H groups in total. The van der Waals surface area contributed by atoms with E-state index < -0.39 is 0 Å². The average molecular weight is 171 g/mol. The second kappa shape index (κ2) is 4.87. The van der Waals surface area contributed by atoms with Crippen molar-refractivity contribution in [2.75, 3.05) is 26.3 Å². The highest BCUT2D eigenvalue weighted by molar-refractivity contribution is 5.76. The monoisotopic (exact) mass is 171 g/mol. The Morgan fingerprint density at radius 1 is 1.50 bits per heavy atom. The number of amides is 1. The Hall–Kier alpha value is -0.900. The van der Waals surface area contributed by atoms with Crippen molar-refractivity contribution in [2.45, 2.75) is 12.8 Å². The summed E-state index contributed by atoms with van der Waals surface area (Å²) in [5.74, 6) is 0.0920. The predicted molar refractivity (Wildman–Crippen MR) is 42.7 cm³/mol. The molecule has 1 aliphatic rings. The zero-order valence-electron chi connectivity index (χ0n) is 6.99. The summed E-state index contributed by atoms with van der Waals surface area (Å²) >= 11 is 0. The lowest BCUT2D eigenvalue weighted by molar-refractivity contribution is -0.130. The van der Waals surface area contributed by atoms with E-state index in [0.29, 0.717) is 39.1 Å². The second-order valence-corrected chi connectivity index (χ2v) is 2.70. The van der Waals surface area contributed by atoms with E-state index in [1.54, 1.807) is 4.90 Å². The Bertz CT molecular complexity index is 170. The number of carbonyl (C=O) groups is 2. The molecule has 1 aliphatic heterocycles. The van der Waals surface area contributed by atoms with Crippen LogP contribution in [0.4, 0.5) is 0 Å². The number of ether oxygens (including phenoxy) is 1. The van der Waals surface area contributed by atoms with Gasteiger partial charge in [0.2, 0.25) is 5.91 Å². The van der Waals surface area contributed by atoms with Gasteiger partial charge >= 0.3 is 0 Å². The molecule has 12 heavy (non-hydrogen) atoms. The SMILES string of the molecule is O=CCCN1CCOCCC1=O. The normalized spacial score (nSPS) is 19.0. The van der Waals surface area contributed by atoms with Crippen molar-refractivity contribution in [3.8, 4) is 0 Å². The minimum atomic E-state index is 0.0920. The van der Waals surface area contributed by atoms with E-state index in [-0.39, 0.29) is 5.91 Å². The smallest absolute Gasteiger partial charge is 0.224 e. The van der Waals surface area contributed by atoms with Crippen molar-refractivity contribution in [3.05, 3.63) is 0 Å². The molecule has 1 amide bonds. The van der Waals surface area contributed by atoms with Crippen LogP contribution in [-0.2, 0) is 14.3 Å². The molecule has 1 fully saturated rings. The van der Waals surface area contributed by atoms with Crippen LogP contribution in [0.1, 0.15) is 12.8 Å². The van der Waals surface area contributed by atoms with Crippen LogP contribution in [0.3, 0.4) is 0 Å². The third kappa shape index (κ3) is 2.62. The average Bonchev–Trinajstić information content (AvgIpc) is 2.27. The van der Waals surface area contributed by atoms with Crippen molar-refractivity contribution >= 4 is 12.2 Å². The number of carbonyl (C=O) groups excluding carboxylic acids is 2. The fourth-order valence-corrected chi connectivity index (χ4v) is 1.16. The first kappa shape index (κ1) is 9.19. The summed E-state index contributed by atoms with van der Waals surface area (Å²) in [7, 11) is 0. The van der Waals surface area contributed by atoms with E-state index >= 15 is 0 Å². The number of hydrogen-bond acceptors (Lipinski definition) is 3. The molecule has 0 unspecified atom stereocenters. The van der Waals surface area contributed by atoms with Crippen LogP contribution in [0.15, 0.2) is 0 Å². The molecule has 0 radical (unpaired) electrons. The maximum atomic E-state index is 11.3. The maximum absolute atomic E-state index is 11.3. The van der Waals surface area contributed by atoms with Crippen LogP contribution in [-0.4, -0.2) is 43.4 Å². The molecule has 0 aliphatic carbocycles. The molecule has 0 aromatic carbocycles. The Kier molecular flexibility index (Phi) is 3.73. The zero-order valence-corrected chi connectivity index (χ0v) is 6.99. The van der Waals surface area contributed by atoms with Gasteiger partial charge < -0.3 is 14.4 Å². The summed E-state index contributed by atoms with van der Waals surface area (Å²) in [5.41, 5.74) is 0. The van der Waals surface area contributed by atoms with E-state index in [2.05, 4.69) is 0 Å². The molecular weight excluding hydrogens is 158 g/mol. The topological polar surface area (TPSA) is 46.6 Å². The third-order valence-corrected chi connectivity index (χ3v) is 1.84. The second-order valence-electron chi connectivity index (χ2n) is 2.70. The van der Waals surface area contributed by atoms with Crippen molar-refractivity contribution in [1.29, 1.82) is 0 Å². The van der Waals surface area contributed by atoms with Gasteiger partial charge in [-0.1, -0.05) is 0 Å². The largest absolute Gasteiger partial charge is 0.379 e. The lowest BCUT2D eigenvalue weighted by atomic mass is 10.3. The molecule has 1 saturated heterocycles. The van der Waals surface area contributed by atoms with Crippen LogP contribution in [0.5, 0.6) is 0 Å². The summed E-state index contributed by atoms with van der Waals surface area (Å²) in [6.07, 6.45) is 1.70. The van der Waals surface area contributed by atoms with Gasteiger partial charge in [-0.25, -0.2) is 0 Å². The number of rotatable bonds is 3. The molecule has 4 heteroatoms. The molecule has 0 aromatic heterocycles. The zero-order chi connectivity index (χ0) is 8.81. The number of aldehydes is 1. The summed E-state index contributed by atoms with van der Waals surface area (Å²) in [4.78, 5) is 23.0. The highest BCUT2D eigenvalue weighted by Crippen LogP contribution is 2.01. The molecule has 1 heterocycles. The van der Waals surface area contributed by atoms with Gasteiger partial charge in [0.25, 0.3) is 0 Å². The van der Waals surface area contributed by atoms with Gasteiger partial charge in [0.1, 0.15) is 6.29 Å². The molecule has 0 spiro atoms. The molecule has 0 aromatic rings. The van der Waals surface area contributed by atoms with Crippen LogP contribution >= 0.6 is 0 Å². The first-order valence-electron chi connectivity index (χ1n) is 4.14. The lowest BCUT2D eigenvalue weighted by Gasteiger charge is -2.17. The van der Waals surface area contributed by atoms with Crippen LogP contribution in [0.25, 0.3) is 0 Å². The van der Waals surface area contributed by atoms with E-state index in [1.165, 1.54) is 0 Å². The van der Waals surface area contributed by atoms with Crippen LogP contribution in [0, 0.1) is 0 Å². The quantitative estimate of drug-likeness (QED) is 0.553. The highest BCUT2D eigenvalue weighted by atomic mass is 16.5. The minimum Gasteiger partial charge on any atom is -0.379 e. The molecule has 1 rings (SSSR count). The van der Waals surface area contributed by atoms with Crippen molar-refractivity contribution < 1.29 is 14.3 Å². The van der Waals surface area contributed by atoms with E-state index in [9.17, 15) is 9.59 Å². The van der Waals surface area contributed by atoms with Gasteiger partial charge in [0.15, 0.2) is 0 Å². The fraction of sp³-hybridized carbons (Fsp3) is 0.750. The number of nitrogens with zero attached hydrogens (tertiary/aromatic N) is 1. The van der Waals surface area contributed by atoms with Crippen LogP contribution in [0.2, 0.25) is 0 Å². The minimum absolute atomic E-state index is 0.0920. The predicted octanol–water partition coefficient (Wildman–Crippen LogP) is -0.176.